The average Bonchev–Trinajstić information content (AvgIpc) is 3.00. The summed E-state index contributed by atoms with van der Waals surface area (Å²) in [5.74, 6) is -0.0752. The fraction of sp³-hybridized carbons (Fsp3) is 0.294. The maximum atomic E-state index is 12.4. The van der Waals surface area contributed by atoms with E-state index in [1.807, 2.05) is 29.6 Å². The molecular weight excluding hydrogens is 332 g/mol. The Kier molecular flexibility index (Phi) is 4.98. The molecule has 1 aliphatic rings. The van der Waals surface area contributed by atoms with Gasteiger partial charge in [0.1, 0.15) is 0 Å². The first kappa shape index (κ1) is 16.0. The standard InChI is InChI=1S/C17H17ClN2O2S/c18-14-6-2-1-4-11(14)8-9-19-17(21)13-10-23-16-12(13)5-3-7-15(16)20-22/h1-2,4,6,10,22H,3,5,7-9H2,(H,19,21)/b20-15-. The number of oxime groups is 1. The number of hydrogen-bond acceptors (Lipinski definition) is 4. The number of nitrogens with zero attached hydrogens (tertiary/aromatic N) is 1. The Morgan fingerprint density at radius 1 is 1.35 bits per heavy atom. The van der Waals surface area contributed by atoms with Crippen LogP contribution < -0.4 is 5.32 Å². The van der Waals surface area contributed by atoms with Crippen LogP contribution in [0.4, 0.5) is 0 Å². The number of halogens is 1. The molecule has 0 bridgehead atoms. The number of amides is 1. The second-order valence-electron chi connectivity index (χ2n) is 5.45. The largest absolute Gasteiger partial charge is 0.411 e. The summed E-state index contributed by atoms with van der Waals surface area (Å²) in [5, 5.41) is 17.9. The van der Waals surface area contributed by atoms with E-state index in [2.05, 4.69) is 10.5 Å². The summed E-state index contributed by atoms with van der Waals surface area (Å²) in [4.78, 5) is 13.3. The smallest absolute Gasteiger partial charge is 0.252 e. The van der Waals surface area contributed by atoms with E-state index in [9.17, 15) is 4.79 Å². The van der Waals surface area contributed by atoms with Gasteiger partial charge in [-0.3, -0.25) is 4.79 Å². The quantitative estimate of drug-likeness (QED) is 0.650. The van der Waals surface area contributed by atoms with Crippen molar-refractivity contribution >= 4 is 34.6 Å². The minimum Gasteiger partial charge on any atom is -0.411 e. The molecule has 2 aromatic rings. The lowest BCUT2D eigenvalue weighted by Crippen LogP contribution is -2.27. The van der Waals surface area contributed by atoms with Crippen LogP contribution in [0, 0.1) is 0 Å². The maximum absolute atomic E-state index is 12.4. The highest BCUT2D eigenvalue weighted by molar-refractivity contribution is 7.12. The first-order valence-corrected chi connectivity index (χ1v) is 8.79. The molecule has 1 heterocycles. The zero-order chi connectivity index (χ0) is 16.2. The lowest BCUT2D eigenvalue weighted by molar-refractivity contribution is 0.0953. The van der Waals surface area contributed by atoms with Crippen LogP contribution in [0.2, 0.25) is 5.02 Å². The molecule has 23 heavy (non-hydrogen) atoms. The summed E-state index contributed by atoms with van der Waals surface area (Å²) in [6.45, 7) is 0.536. The summed E-state index contributed by atoms with van der Waals surface area (Å²) in [7, 11) is 0. The predicted octanol–water partition coefficient (Wildman–Crippen LogP) is 3.89. The molecule has 3 rings (SSSR count). The van der Waals surface area contributed by atoms with Gasteiger partial charge in [0.2, 0.25) is 0 Å². The first-order chi connectivity index (χ1) is 11.2. The highest BCUT2D eigenvalue weighted by Crippen LogP contribution is 2.30. The molecule has 1 aromatic carbocycles. The van der Waals surface area contributed by atoms with Crippen molar-refractivity contribution in [3.05, 3.63) is 56.2 Å². The topological polar surface area (TPSA) is 61.7 Å². The van der Waals surface area contributed by atoms with Crippen molar-refractivity contribution < 1.29 is 10.0 Å². The Balaban J connectivity index is 1.66. The van der Waals surface area contributed by atoms with Crippen molar-refractivity contribution in [3.63, 3.8) is 0 Å². The molecule has 0 saturated carbocycles. The van der Waals surface area contributed by atoms with E-state index >= 15 is 0 Å². The monoisotopic (exact) mass is 348 g/mol. The molecule has 0 aliphatic heterocycles. The third-order valence-electron chi connectivity index (χ3n) is 4.00. The number of nitrogens with one attached hydrogen (secondary N) is 1. The molecule has 0 radical (unpaired) electrons. The molecule has 0 fully saturated rings. The highest BCUT2D eigenvalue weighted by Gasteiger charge is 2.24. The number of carbonyl (C=O) groups excluding carboxylic acids is 1. The Bertz CT molecular complexity index is 755. The number of rotatable bonds is 4. The zero-order valence-electron chi connectivity index (χ0n) is 12.5. The Hall–Kier alpha value is -1.85. The van der Waals surface area contributed by atoms with Crippen LogP contribution in [0.3, 0.4) is 0 Å². The predicted molar refractivity (Wildman–Crippen MR) is 93.1 cm³/mol. The molecule has 1 amide bonds. The molecule has 0 spiro atoms. The van der Waals surface area contributed by atoms with Crippen molar-refractivity contribution in [2.24, 2.45) is 5.16 Å². The van der Waals surface area contributed by atoms with E-state index in [-0.39, 0.29) is 5.91 Å². The minimum absolute atomic E-state index is 0.0752. The number of benzene rings is 1. The number of fused-ring (bicyclic) bond motifs is 1. The number of hydrogen-bond donors (Lipinski definition) is 2. The normalized spacial score (nSPS) is 15.4. The Morgan fingerprint density at radius 2 is 2.17 bits per heavy atom. The average molecular weight is 349 g/mol. The molecule has 2 N–H and O–H groups in total. The third-order valence-corrected chi connectivity index (χ3v) is 5.44. The molecule has 0 saturated heterocycles. The summed E-state index contributed by atoms with van der Waals surface area (Å²) in [5.41, 5.74) is 3.41. The highest BCUT2D eigenvalue weighted by atomic mass is 35.5. The third kappa shape index (κ3) is 3.41. The van der Waals surface area contributed by atoms with Gasteiger partial charge in [-0.15, -0.1) is 11.3 Å². The van der Waals surface area contributed by atoms with Gasteiger partial charge in [-0.2, -0.15) is 0 Å². The minimum atomic E-state index is -0.0752. The van der Waals surface area contributed by atoms with E-state index < -0.39 is 0 Å². The lowest BCUT2D eigenvalue weighted by Gasteiger charge is -2.14. The number of thiophene rings is 1. The molecule has 6 heteroatoms. The van der Waals surface area contributed by atoms with Crippen molar-refractivity contribution in [3.8, 4) is 0 Å². The van der Waals surface area contributed by atoms with Gasteiger partial charge >= 0.3 is 0 Å². The fourth-order valence-corrected chi connectivity index (χ4v) is 4.16. The van der Waals surface area contributed by atoms with Gasteiger partial charge in [0, 0.05) is 16.9 Å². The van der Waals surface area contributed by atoms with E-state index in [1.54, 1.807) is 0 Å². The summed E-state index contributed by atoms with van der Waals surface area (Å²) in [6, 6.07) is 7.64. The van der Waals surface area contributed by atoms with Crippen LogP contribution in [0.1, 0.15) is 39.2 Å². The van der Waals surface area contributed by atoms with Crippen molar-refractivity contribution in [1.29, 1.82) is 0 Å². The first-order valence-electron chi connectivity index (χ1n) is 7.54. The molecule has 4 nitrogen and oxygen atoms in total. The van der Waals surface area contributed by atoms with Crippen LogP contribution in [-0.2, 0) is 12.8 Å². The Morgan fingerprint density at radius 3 is 2.96 bits per heavy atom. The molecule has 120 valence electrons. The summed E-state index contributed by atoms with van der Waals surface area (Å²) < 4.78 is 0. The van der Waals surface area contributed by atoms with Gasteiger partial charge in [0.15, 0.2) is 0 Å². The molecule has 1 aromatic heterocycles. The van der Waals surface area contributed by atoms with E-state index in [1.165, 1.54) is 11.3 Å². The fourth-order valence-electron chi connectivity index (χ4n) is 2.81. The van der Waals surface area contributed by atoms with Crippen LogP contribution in [0.5, 0.6) is 0 Å². The van der Waals surface area contributed by atoms with Gasteiger partial charge < -0.3 is 10.5 Å². The molecule has 0 atom stereocenters. The van der Waals surface area contributed by atoms with Crippen molar-refractivity contribution in [2.75, 3.05) is 6.54 Å². The van der Waals surface area contributed by atoms with Gasteiger partial charge in [0.05, 0.1) is 16.2 Å². The molecular formula is C17H17ClN2O2S. The van der Waals surface area contributed by atoms with Crippen molar-refractivity contribution in [1.82, 2.24) is 5.32 Å². The maximum Gasteiger partial charge on any atom is 0.252 e. The SMILES string of the molecule is O=C(NCCc1ccccc1Cl)c1csc2c1CCC/C2=N/O. The number of carbonyl (C=O) groups is 1. The van der Waals surface area contributed by atoms with E-state index in [0.717, 1.165) is 40.3 Å². The van der Waals surface area contributed by atoms with Crippen LogP contribution in [0.15, 0.2) is 34.8 Å². The molecule has 1 aliphatic carbocycles. The second kappa shape index (κ2) is 7.15. The second-order valence-corrected chi connectivity index (χ2v) is 6.74. The van der Waals surface area contributed by atoms with Crippen molar-refractivity contribution in [2.45, 2.75) is 25.7 Å². The van der Waals surface area contributed by atoms with E-state index in [0.29, 0.717) is 24.2 Å². The summed E-state index contributed by atoms with van der Waals surface area (Å²) >= 11 is 7.59. The van der Waals surface area contributed by atoms with Gasteiger partial charge in [0.25, 0.3) is 5.91 Å². The summed E-state index contributed by atoms with van der Waals surface area (Å²) in [6.07, 6.45) is 3.22. The van der Waals surface area contributed by atoms with Crippen LogP contribution in [0.25, 0.3) is 0 Å². The van der Waals surface area contributed by atoms with Gasteiger partial charge in [-0.25, -0.2) is 0 Å². The Labute approximate surface area is 143 Å². The zero-order valence-corrected chi connectivity index (χ0v) is 14.1. The van der Waals surface area contributed by atoms with E-state index in [4.69, 9.17) is 16.8 Å². The van der Waals surface area contributed by atoms with Gasteiger partial charge in [-0.1, -0.05) is 35.0 Å². The lowest BCUT2D eigenvalue weighted by atomic mass is 9.94. The van der Waals surface area contributed by atoms with Crippen LogP contribution >= 0.6 is 22.9 Å². The van der Waals surface area contributed by atoms with Crippen LogP contribution in [-0.4, -0.2) is 23.4 Å². The molecule has 0 unspecified atom stereocenters. The van der Waals surface area contributed by atoms with Gasteiger partial charge in [-0.05, 0) is 42.9 Å².